The fourth-order valence-electron chi connectivity index (χ4n) is 4.90. The number of aromatic amines is 1. The third-order valence-electron chi connectivity index (χ3n) is 6.99. The molecule has 34 heavy (non-hydrogen) atoms. The Balaban J connectivity index is 1.24. The summed E-state index contributed by atoms with van der Waals surface area (Å²) in [6, 6.07) is 16.4. The first-order valence-electron chi connectivity index (χ1n) is 12.0. The maximum Gasteiger partial charge on any atom is 0.274 e. The van der Waals surface area contributed by atoms with Gasteiger partial charge in [-0.3, -0.25) is 14.7 Å². The van der Waals surface area contributed by atoms with Crippen LogP contribution in [0.15, 0.2) is 48.5 Å². The van der Waals surface area contributed by atoms with Crippen molar-refractivity contribution in [3.63, 3.8) is 0 Å². The number of aryl methyl sites for hydroxylation is 2. The van der Waals surface area contributed by atoms with Crippen LogP contribution in [0.5, 0.6) is 0 Å². The second-order valence-electron chi connectivity index (χ2n) is 9.32. The number of carbonyl (C=O) groups is 2. The second-order valence-corrected chi connectivity index (χ2v) is 9.32. The molecule has 0 unspecified atom stereocenters. The van der Waals surface area contributed by atoms with Gasteiger partial charge in [0.05, 0.1) is 6.42 Å². The largest absolute Gasteiger partial charge is 0.368 e. The predicted molar refractivity (Wildman–Crippen MR) is 132 cm³/mol. The minimum atomic E-state index is -0.0465. The van der Waals surface area contributed by atoms with E-state index in [0.29, 0.717) is 44.7 Å². The fourth-order valence-corrected chi connectivity index (χ4v) is 4.90. The van der Waals surface area contributed by atoms with Crippen molar-refractivity contribution in [3.8, 4) is 0 Å². The number of amides is 2. The molecule has 0 atom stereocenters. The van der Waals surface area contributed by atoms with Gasteiger partial charge in [-0.05, 0) is 31.0 Å². The number of benzene rings is 2. The van der Waals surface area contributed by atoms with Gasteiger partial charge in [0, 0.05) is 62.6 Å². The predicted octanol–water partition coefficient (Wildman–Crippen LogP) is 3.12. The molecule has 7 heteroatoms. The van der Waals surface area contributed by atoms with Gasteiger partial charge in [-0.15, -0.1) is 0 Å². The van der Waals surface area contributed by atoms with Gasteiger partial charge in [0.1, 0.15) is 0 Å². The van der Waals surface area contributed by atoms with Gasteiger partial charge in [-0.1, -0.05) is 48.0 Å². The third kappa shape index (κ3) is 4.42. The van der Waals surface area contributed by atoms with Crippen LogP contribution in [0.1, 0.15) is 38.4 Å². The molecule has 0 aliphatic carbocycles. The lowest BCUT2D eigenvalue weighted by molar-refractivity contribution is -0.131. The summed E-state index contributed by atoms with van der Waals surface area (Å²) in [4.78, 5) is 32.4. The van der Waals surface area contributed by atoms with Gasteiger partial charge in [0.2, 0.25) is 5.91 Å². The van der Waals surface area contributed by atoms with Crippen LogP contribution in [0.25, 0.3) is 0 Å². The number of rotatable bonds is 4. The molecule has 5 rings (SSSR count). The molecule has 0 spiro atoms. The van der Waals surface area contributed by atoms with Gasteiger partial charge in [0.25, 0.3) is 5.91 Å². The molecule has 0 radical (unpaired) electrons. The van der Waals surface area contributed by atoms with Crippen molar-refractivity contribution < 1.29 is 9.59 Å². The van der Waals surface area contributed by atoms with Gasteiger partial charge in [-0.2, -0.15) is 5.10 Å². The average Bonchev–Trinajstić information content (AvgIpc) is 3.29. The van der Waals surface area contributed by atoms with E-state index in [4.69, 9.17) is 0 Å². The van der Waals surface area contributed by atoms with Crippen LogP contribution in [0.3, 0.4) is 0 Å². The fraction of sp³-hybridized carbons (Fsp3) is 0.370. The molecule has 1 fully saturated rings. The van der Waals surface area contributed by atoms with Crippen molar-refractivity contribution >= 4 is 17.5 Å². The first-order chi connectivity index (χ1) is 16.5. The van der Waals surface area contributed by atoms with Crippen molar-refractivity contribution in [2.75, 3.05) is 37.6 Å². The van der Waals surface area contributed by atoms with Gasteiger partial charge < -0.3 is 14.7 Å². The minimum absolute atomic E-state index is 0.0465. The Morgan fingerprint density at radius 2 is 1.65 bits per heavy atom. The summed E-state index contributed by atoms with van der Waals surface area (Å²) in [6.45, 7) is 8.14. The van der Waals surface area contributed by atoms with E-state index in [0.717, 1.165) is 29.9 Å². The van der Waals surface area contributed by atoms with Crippen molar-refractivity contribution in [3.05, 3.63) is 82.2 Å². The van der Waals surface area contributed by atoms with E-state index in [1.54, 1.807) is 0 Å². The van der Waals surface area contributed by atoms with Crippen LogP contribution < -0.4 is 4.90 Å². The zero-order chi connectivity index (χ0) is 23.7. The van der Waals surface area contributed by atoms with Gasteiger partial charge in [-0.25, -0.2) is 0 Å². The van der Waals surface area contributed by atoms with E-state index in [2.05, 4.69) is 40.2 Å². The number of hydrogen-bond donors (Lipinski definition) is 1. The number of hydrogen-bond acceptors (Lipinski definition) is 4. The van der Waals surface area contributed by atoms with E-state index < -0.39 is 0 Å². The Morgan fingerprint density at radius 1 is 0.912 bits per heavy atom. The Morgan fingerprint density at radius 3 is 2.38 bits per heavy atom. The highest BCUT2D eigenvalue weighted by atomic mass is 16.2. The normalized spacial score (nSPS) is 15.9. The number of aromatic nitrogens is 2. The summed E-state index contributed by atoms with van der Waals surface area (Å²) in [7, 11) is 0. The number of H-pyrrole nitrogens is 1. The van der Waals surface area contributed by atoms with E-state index in [1.807, 2.05) is 47.1 Å². The first-order valence-corrected chi connectivity index (χ1v) is 12.0. The van der Waals surface area contributed by atoms with Crippen LogP contribution in [-0.4, -0.2) is 64.5 Å². The maximum atomic E-state index is 13.4. The highest BCUT2D eigenvalue weighted by Crippen LogP contribution is 2.24. The van der Waals surface area contributed by atoms with E-state index in [1.165, 1.54) is 16.8 Å². The summed E-state index contributed by atoms with van der Waals surface area (Å²) in [5.41, 5.74) is 6.98. The lowest BCUT2D eigenvalue weighted by Crippen LogP contribution is -2.49. The standard InChI is InChI=1S/C27H31N5O2/c1-19-7-9-21(10-8-19)17-25(33)32-12-11-23-22(18-32)26(29-28-23)27(34)31-15-13-30(14-16-31)24-6-4-3-5-20(24)2/h3-10H,11-18H2,1-2H3,(H,28,29). The monoisotopic (exact) mass is 457 g/mol. The van der Waals surface area contributed by atoms with E-state index in [-0.39, 0.29) is 11.8 Å². The molecule has 1 saturated heterocycles. The molecule has 2 aliphatic rings. The Kier molecular flexibility index (Phi) is 6.09. The summed E-state index contributed by atoms with van der Waals surface area (Å²) in [5, 5.41) is 7.44. The number of carbonyl (C=O) groups excluding carboxylic acids is 2. The molecule has 7 nitrogen and oxygen atoms in total. The SMILES string of the molecule is Cc1ccc(CC(=O)N2CCc3[nH]nc(C(=O)N4CCN(c5ccccc5C)CC4)c3C2)cc1. The van der Waals surface area contributed by atoms with Crippen LogP contribution in [-0.2, 0) is 24.2 Å². The van der Waals surface area contributed by atoms with Gasteiger partial charge in [0.15, 0.2) is 5.69 Å². The Labute approximate surface area is 200 Å². The van der Waals surface area contributed by atoms with Crippen LogP contribution in [0.4, 0.5) is 5.69 Å². The molecule has 1 N–H and O–H groups in total. The zero-order valence-corrected chi connectivity index (χ0v) is 19.9. The van der Waals surface area contributed by atoms with E-state index >= 15 is 0 Å². The van der Waals surface area contributed by atoms with Crippen molar-refractivity contribution in [1.82, 2.24) is 20.0 Å². The minimum Gasteiger partial charge on any atom is -0.368 e. The summed E-state index contributed by atoms with van der Waals surface area (Å²) >= 11 is 0. The number of fused-ring (bicyclic) bond motifs is 1. The zero-order valence-electron chi connectivity index (χ0n) is 19.9. The summed E-state index contributed by atoms with van der Waals surface area (Å²) < 4.78 is 0. The third-order valence-corrected chi connectivity index (χ3v) is 6.99. The van der Waals surface area contributed by atoms with Crippen LogP contribution >= 0.6 is 0 Å². The van der Waals surface area contributed by atoms with Crippen LogP contribution in [0.2, 0.25) is 0 Å². The van der Waals surface area contributed by atoms with Crippen molar-refractivity contribution in [2.24, 2.45) is 0 Å². The molecule has 176 valence electrons. The molecule has 2 aliphatic heterocycles. The Hall–Kier alpha value is -3.61. The number of nitrogens with one attached hydrogen (secondary N) is 1. The maximum absolute atomic E-state index is 13.4. The number of anilines is 1. The molecular weight excluding hydrogens is 426 g/mol. The lowest BCUT2D eigenvalue weighted by atomic mass is 10.0. The number of nitrogens with zero attached hydrogens (tertiary/aromatic N) is 4. The summed E-state index contributed by atoms with van der Waals surface area (Å²) in [6.07, 6.45) is 1.06. The molecule has 2 amide bonds. The highest BCUT2D eigenvalue weighted by molar-refractivity contribution is 5.94. The lowest BCUT2D eigenvalue weighted by Gasteiger charge is -2.36. The number of piperazine rings is 1. The quantitative estimate of drug-likeness (QED) is 0.654. The molecule has 0 bridgehead atoms. The smallest absolute Gasteiger partial charge is 0.274 e. The van der Waals surface area contributed by atoms with Crippen molar-refractivity contribution in [2.45, 2.75) is 33.2 Å². The molecule has 1 aromatic heterocycles. The van der Waals surface area contributed by atoms with Crippen molar-refractivity contribution in [1.29, 1.82) is 0 Å². The average molecular weight is 458 g/mol. The molecule has 3 heterocycles. The van der Waals surface area contributed by atoms with Gasteiger partial charge >= 0.3 is 0 Å². The molecule has 0 saturated carbocycles. The Bertz CT molecular complexity index is 1190. The molecular formula is C27H31N5O2. The summed E-state index contributed by atoms with van der Waals surface area (Å²) in [5.74, 6) is 0.0377. The van der Waals surface area contributed by atoms with Crippen LogP contribution in [0, 0.1) is 13.8 Å². The highest BCUT2D eigenvalue weighted by Gasteiger charge is 2.31. The first kappa shape index (κ1) is 22.2. The van der Waals surface area contributed by atoms with E-state index in [9.17, 15) is 9.59 Å². The molecule has 3 aromatic rings. The number of para-hydroxylation sites is 1. The molecule has 2 aromatic carbocycles. The topological polar surface area (TPSA) is 72.5 Å². The second kappa shape index (κ2) is 9.33.